The van der Waals surface area contributed by atoms with E-state index in [1.807, 2.05) is 26.0 Å². The van der Waals surface area contributed by atoms with Crippen molar-refractivity contribution in [2.45, 2.75) is 33.3 Å². The van der Waals surface area contributed by atoms with Gasteiger partial charge in [0.1, 0.15) is 0 Å². The van der Waals surface area contributed by atoms with Crippen LogP contribution in [0.5, 0.6) is 0 Å². The lowest BCUT2D eigenvalue weighted by molar-refractivity contribution is -0.514. The summed E-state index contributed by atoms with van der Waals surface area (Å²) in [4.78, 5) is 20.8. The molecule has 5 heteroatoms. The van der Waals surface area contributed by atoms with Gasteiger partial charge < -0.3 is 4.90 Å². The van der Waals surface area contributed by atoms with Crippen molar-refractivity contribution >= 4 is 5.97 Å². The quantitative estimate of drug-likeness (QED) is 0.506. The molecule has 0 spiro atoms. The zero-order valence-electron chi connectivity index (χ0n) is 10.1. The van der Waals surface area contributed by atoms with Gasteiger partial charge >= 0.3 is 5.97 Å². The lowest BCUT2D eigenvalue weighted by atomic mass is 10.2. The maximum absolute atomic E-state index is 10.1. The zero-order chi connectivity index (χ0) is 11.8. The Balaban J connectivity index is 0. The fourth-order valence-electron chi connectivity index (χ4n) is 0.167. The van der Waals surface area contributed by atoms with Crippen molar-refractivity contribution < 1.29 is 19.6 Å². The van der Waals surface area contributed by atoms with Gasteiger partial charge in [0.05, 0.1) is 5.60 Å². The minimum Gasteiger partial charge on any atom is -0.312 e. The number of rotatable bonds is 2. The van der Waals surface area contributed by atoms with E-state index in [9.17, 15) is 4.79 Å². The summed E-state index contributed by atoms with van der Waals surface area (Å²) in [6.07, 6.45) is 0. The molecule has 0 fully saturated rings. The highest BCUT2D eigenvalue weighted by Gasteiger charge is 2.12. The summed E-state index contributed by atoms with van der Waals surface area (Å²) < 4.78 is 0. The third-order valence-electron chi connectivity index (χ3n) is 0.435. The molecule has 0 aromatic rings. The van der Waals surface area contributed by atoms with Crippen LogP contribution in [0.4, 0.5) is 0 Å². The predicted molar refractivity (Wildman–Crippen MR) is 53.3 cm³/mol. The Morgan fingerprint density at radius 2 is 1.50 bits per heavy atom. The van der Waals surface area contributed by atoms with Gasteiger partial charge in [-0.15, -0.1) is 0 Å². The number of hydrogen-bond acceptors (Lipinski definition) is 5. The molecule has 0 bridgehead atoms. The number of carbonyl (C=O) groups is 1. The topological polar surface area (TPSA) is 48.0 Å². The van der Waals surface area contributed by atoms with E-state index in [0.717, 1.165) is 0 Å². The second-order valence-corrected chi connectivity index (χ2v) is 4.18. The van der Waals surface area contributed by atoms with Crippen molar-refractivity contribution in [1.82, 2.24) is 4.90 Å². The monoisotopic (exact) mass is 207 g/mol. The van der Waals surface area contributed by atoms with Gasteiger partial charge in [0.15, 0.2) is 0 Å². The molecule has 0 radical (unpaired) electrons. The van der Waals surface area contributed by atoms with E-state index in [4.69, 9.17) is 0 Å². The standard InChI is InChI=1S/C6H12O4.C3H9N/c1-5(7)8-10-9-6(2,3)4;1-4(2)3/h1-4H3;1-3H3. The number of nitrogens with zero attached hydrogens (tertiary/aromatic N) is 1. The summed E-state index contributed by atoms with van der Waals surface area (Å²) in [6, 6.07) is 0. The molecule has 0 saturated heterocycles. The summed E-state index contributed by atoms with van der Waals surface area (Å²) in [5.74, 6) is -0.538. The first-order valence-corrected chi connectivity index (χ1v) is 4.29. The molecule has 0 aliphatic carbocycles. The third-order valence-corrected chi connectivity index (χ3v) is 0.435. The fraction of sp³-hybridized carbons (Fsp3) is 0.889. The van der Waals surface area contributed by atoms with Gasteiger partial charge in [-0.1, -0.05) is 0 Å². The molecule has 5 nitrogen and oxygen atoms in total. The van der Waals surface area contributed by atoms with Crippen LogP contribution in [-0.4, -0.2) is 37.6 Å². The molecule has 0 aromatic heterocycles. The van der Waals surface area contributed by atoms with Crippen molar-refractivity contribution in [3.8, 4) is 0 Å². The Bertz CT molecular complexity index is 149. The Morgan fingerprint density at radius 3 is 1.71 bits per heavy atom. The van der Waals surface area contributed by atoms with Crippen molar-refractivity contribution in [3.63, 3.8) is 0 Å². The average molecular weight is 207 g/mol. The summed E-state index contributed by atoms with van der Waals surface area (Å²) in [5.41, 5.74) is -0.463. The van der Waals surface area contributed by atoms with Gasteiger partial charge in [-0.2, -0.15) is 4.89 Å². The lowest BCUT2D eigenvalue weighted by Crippen LogP contribution is -2.20. The van der Waals surface area contributed by atoms with Crippen LogP contribution in [0.15, 0.2) is 0 Å². The maximum atomic E-state index is 10.1. The number of hydrogen-bond donors (Lipinski definition) is 0. The normalized spacial score (nSPS) is 10.6. The van der Waals surface area contributed by atoms with Crippen LogP contribution < -0.4 is 0 Å². The molecule has 0 aliphatic rings. The van der Waals surface area contributed by atoms with Gasteiger partial charge in [-0.25, -0.2) is 4.79 Å². The zero-order valence-corrected chi connectivity index (χ0v) is 10.1. The van der Waals surface area contributed by atoms with E-state index in [2.05, 4.69) is 14.8 Å². The van der Waals surface area contributed by atoms with Crippen molar-refractivity contribution in [2.24, 2.45) is 0 Å². The molecular formula is C9H21NO4. The molecule has 0 aliphatic heterocycles. The highest BCUT2D eigenvalue weighted by Crippen LogP contribution is 2.06. The Hall–Kier alpha value is -0.650. The third kappa shape index (κ3) is 30.2. The molecule has 0 unspecified atom stereocenters. The largest absolute Gasteiger partial charge is 0.342 e. The van der Waals surface area contributed by atoms with Crippen LogP contribution in [0.25, 0.3) is 0 Å². The molecule has 0 amide bonds. The summed E-state index contributed by atoms with van der Waals surface area (Å²) in [5, 5.41) is 4.11. The van der Waals surface area contributed by atoms with Crippen LogP contribution in [0, 0.1) is 0 Å². The van der Waals surface area contributed by atoms with Gasteiger partial charge in [-0.3, -0.25) is 4.89 Å². The first-order chi connectivity index (χ1) is 6.15. The predicted octanol–water partition coefficient (Wildman–Crippen LogP) is 1.39. The van der Waals surface area contributed by atoms with Crippen molar-refractivity contribution in [1.29, 1.82) is 0 Å². The first kappa shape index (κ1) is 15.8. The fourth-order valence-corrected chi connectivity index (χ4v) is 0.167. The molecule has 0 saturated carbocycles. The minimum absolute atomic E-state index is 0.463. The molecule has 0 aromatic carbocycles. The van der Waals surface area contributed by atoms with Gasteiger partial charge in [-0.05, 0) is 47.0 Å². The van der Waals surface area contributed by atoms with Crippen LogP contribution >= 0.6 is 0 Å². The number of carbonyl (C=O) groups excluding carboxylic acids is 1. The van der Waals surface area contributed by atoms with E-state index in [1.54, 1.807) is 20.8 Å². The molecule has 0 rings (SSSR count). The maximum Gasteiger partial charge on any atom is 0.342 e. The van der Waals surface area contributed by atoms with Gasteiger partial charge in [0.25, 0.3) is 0 Å². The molecular weight excluding hydrogens is 186 g/mol. The summed E-state index contributed by atoms with van der Waals surface area (Å²) >= 11 is 0. The van der Waals surface area contributed by atoms with Crippen LogP contribution in [0.1, 0.15) is 27.7 Å². The van der Waals surface area contributed by atoms with Gasteiger partial charge in [0.2, 0.25) is 0 Å². The molecule has 0 heterocycles. The Morgan fingerprint density at radius 1 is 1.14 bits per heavy atom. The van der Waals surface area contributed by atoms with E-state index in [0.29, 0.717) is 0 Å². The van der Waals surface area contributed by atoms with Crippen LogP contribution in [0.3, 0.4) is 0 Å². The Kier molecular flexibility index (Phi) is 8.72. The summed E-state index contributed by atoms with van der Waals surface area (Å²) in [7, 11) is 6.00. The van der Waals surface area contributed by atoms with Crippen molar-refractivity contribution in [3.05, 3.63) is 0 Å². The molecule has 0 atom stereocenters. The van der Waals surface area contributed by atoms with Crippen LogP contribution in [-0.2, 0) is 19.6 Å². The molecule has 14 heavy (non-hydrogen) atoms. The molecule has 86 valence electrons. The Labute approximate surface area is 85.8 Å². The smallest absolute Gasteiger partial charge is 0.312 e. The highest BCUT2D eigenvalue weighted by molar-refractivity contribution is 5.65. The van der Waals surface area contributed by atoms with Crippen LogP contribution in [0.2, 0.25) is 0 Å². The first-order valence-electron chi connectivity index (χ1n) is 4.29. The van der Waals surface area contributed by atoms with E-state index in [1.165, 1.54) is 6.92 Å². The van der Waals surface area contributed by atoms with Crippen molar-refractivity contribution in [2.75, 3.05) is 21.1 Å². The second kappa shape index (κ2) is 7.73. The minimum atomic E-state index is -0.538. The second-order valence-electron chi connectivity index (χ2n) is 4.18. The molecule has 0 N–H and O–H groups in total. The highest BCUT2D eigenvalue weighted by atomic mass is 17.5. The average Bonchev–Trinajstić information content (AvgIpc) is 1.80. The SMILES string of the molecule is CC(=O)OOOC(C)(C)C.CN(C)C. The summed E-state index contributed by atoms with van der Waals surface area (Å²) in [6.45, 7) is 6.55. The van der Waals surface area contributed by atoms with Gasteiger partial charge in [0, 0.05) is 6.92 Å². The van der Waals surface area contributed by atoms with E-state index >= 15 is 0 Å². The van der Waals surface area contributed by atoms with E-state index in [-0.39, 0.29) is 0 Å². The lowest BCUT2D eigenvalue weighted by Gasteiger charge is -2.14. The van der Waals surface area contributed by atoms with E-state index < -0.39 is 11.6 Å².